The average Bonchev–Trinajstić information content (AvgIpc) is 2.65. The Labute approximate surface area is 84.7 Å². The van der Waals surface area contributed by atoms with E-state index in [9.17, 15) is 0 Å². The summed E-state index contributed by atoms with van der Waals surface area (Å²) in [5.74, 6) is 0. The van der Waals surface area contributed by atoms with Crippen molar-refractivity contribution >= 4 is 5.69 Å². The summed E-state index contributed by atoms with van der Waals surface area (Å²) in [6.45, 7) is 2.51. The van der Waals surface area contributed by atoms with Crippen LogP contribution in [0.3, 0.4) is 0 Å². The third-order valence-electron chi connectivity index (χ3n) is 3.56. The maximum atomic E-state index is 5.85. The van der Waals surface area contributed by atoms with Crippen LogP contribution < -0.4 is 5.73 Å². The van der Waals surface area contributed by atoms with Crippen LogP contribution in [0, 0.1) is 0 Å². The molecule has 2 N–H and O–H groups in total. The molecule has 1 saturated heterocycles. The molecule has 2 nitrogen and oxygen atoms in total. The molecule has 2 heteroatoms. The Balaban J connectivity index is 2.07. The molecule has 2 aliphatic heterocycles. The Morgan fingerprint density at radius 3 is 3.14 bits per heavy atom. The van der Waals surface area contributed by atoms with E-state index in [0.717, 1.165) is 5.69 Å². The first-order chi connectivity index (χ1) is 6.84. The molecule has 0 spiro atoms. The molecule has 14 heavy (non-hydrogen) atoms. The van der Waals surface area contributed by atoms with Crippen molar-refractivity contribution in [3.63, 3.8) is 0 Å². The Kier molecular flexibility index (Phi) is 1.77. The van der Waals surface area contributed by atoms with Crippen LogP contribution in [0.25, 0.3) is 0 Å². The standard InChI is InChI=1S/C12H16N2/c13-10-4-3-9-5-7-14-6-1-2-12(14)11(9)8-10/h3-4,8,12H,1-2,5-7,13H2. The van der Waals surface area contributed by atoms with Gasteiger partial charge in [-0.2, -0.15) is 0 Å². The molecule has 1 unspecified atom stereocenters. The number of nitrogen functional groups attached to an aromatic ring is 1. The summed E-state index contributed by atoms with van der Waals surface area (Å²) in [5, 5.41) is 0. The lowest BCUT2D eigenvalue weighted by Crippen LogP contribution is -2.30. The van der Waals surface area contributed by atoms with E-state index in [2.05, 4.69) is 17.0 Å². The van der Waals surface area contributed by atoms with Crippen molar-refractivity contribution in [2.24, 2.45) is 0 Å². The zero-order valence-electron chi connectivity index (χ0n) is 8.37. The molecule has 2 aliphatic rings. The normalized spacial score (nSPS) is 25.9. The van der Waals surface area contributed by atoms with Gasteiger partial charge in [0.2, 0.25) is 0 Å². The van der Waals surface area contributed by atoms with Crippen LogP contribution in [0.4, 0.5) is 5.69 Å². The molecule has 1 aromatic rings. The minimum absolute atomic E-state index is 0.669. The smallest absolute Gasteiger partial charge is 0.0352 e. The van der Waals surface area contributed by atoms with Crippen LogP contribution in [-0.2, 0) is 6.42 Å². The molecular weight excluding hydrogens is 172 g/mol. The molecule has 1 fully saturated rings. The minimum atomic E-state index is 0.669. The maximum absolute atomic E-state index is 5.85. The third-order valence-corrected chi connectivity index (χ3v) is 3.56. The van der Waals surface area contributed by atoms with E-state index in [4.69, 9.17) is 5.73 Å². The highest BCUT2D eigenvalue weighted by atomic mass is 15.2. The van der Waals surface area contributed by atoms with Gasteiger partial charge in [0.1, 0.15) is 0 Å². The summed E-state index contributed by atoms with van der Waals surface area (Å²) in [6, 6.07) is 7.09. The topological polar surface area (TPSA) is 29.3 Å². The second-order valence-corrected chi connectivity index (χ2v) is 4.40. The van der Waals surface area contributed by atoms with Gasteiger partial charge >= 0.3 is 0 Å². The van der Waals surface area contributed by atoms with Crippen molar-refractivity contribution in [3.8, 4) is 0 Å². The SMILES string of the molecule is Nc1ccc2c(c1)C1CCCN1CC2. The van der Waals surface area contributed by atoms with E-state index in [0.29, 0.717) is 6.04 Å². The Morgan fingerprint density at radius 2 is 2.21 bits per heavy atom. The summed E-state index contributed by atoms with van der Waals surface area (Å²) in [5.41, 5.74) is 9.77. The van der Waals surface area contributed by atoms with Gasteiger partial charge in [-0.1, -0.05) is 6.07 Å². The fourth-order valence-corrected chi connectivity index (χ4v) is 2.86. The first-order valence-corrected chi connectivity index (χ1v) is 5.47. The number of anilines is 1. The van der Waals surface area contributed by atoms with E-state index >= 15 is 0 Å². The molecular formula is C12H16N2. The molecule has 1 aromatic carbocycles. The summed E-state index contributed by atoms with van der Waals surface area (Å²) < 4.78 is 0. The Bertz CT molecular complexity index is 359. The summed E-state index contributed by atoms with van der Waals surface area (Å²) in [6.07, 6.45) is 3.86. The molecule has 74 valence electrons. The first-order valence-electron chi connectivity index (χ1n) is 5.47. The molecule has 0 radical (unpaired) electrons. The van der Waals surface area contributed by atoms with Gasteiger partial charge in [0.25, 0.3) is 0 Å². The van der Waals surface area contributed by atoms with E-state index in [-0.39, 0.29) is 0 Å². The molecule has 0 bridgehead atoms. The number of hydrogen-bond donors (Lipinski definition) is 1. The van der Waals surface area contributed by atoms with Crippen molar-refractivity contribution < 1.29 is 0 Å². The molecule has 0 amide bonds. The van der Waals surface area contributed by atoms with Gasteiger partial charge in [-0.3, -0.25) is 4.90 Å². The van der Waals surface area contributed by atoms with Gasteiger partial charge in [0, 0.05) is 18.3 Å². The lowest BCUT2D eigenvalue weighted by molar-refractivity contribution is 0.244. The minimum Gasteiger partial charge on any atom is -0.399 e. The number of nitrogens with two attached hydrogens (primary N) is 1. The van der Waals surface area contributed by atoms with Gasteiger partial charge in [-0.15, -0.1) is 0 Å². The second kappa shape index (κ2) is 2.99. The highest BCUT2D eigenvalue weighted by molar-refractivity contribution is 5.47. The molecule has 0 aromatic heterocycles. The second-order valence-electron chi connectivity index (χ2n) is 4.40. The highest BCUT2D eigenvalue weighted by Gasteiger charge is 2.30. The molecule has 1 atom stereocenters. The van der Waals surface area contributed by atoms with Crippen molar-refractivity contribution in [1.29, 1.82) is 0 Å². The predicted molar refractivity (Wildman–Crippen MR) is 58.1 cm³/mol. The number of hydrogen-bond acceptors (Lipinski definition) is 2. The number of benzene rings is 1. The Morgan fingerprint density at radius 1 is 1.29 bits per heavy atom. The molecule has 0 aliphatic carbocycles. The summed E-state index contributed by atoms with van der Waals surface area (Å²) in [4.78, 5) is 2.60. The van der Waals surface area contributed by atoms with Crippen LogP contribution >= 0.6 is 0 Å². The van der Waals surface area contributed by atoms with Crippen molar-refractivity contribution in [2.45, 2.75) is 25.3 Å². The van der Waals surface area contributed by atoms with Crippen molar-refractivity contribution in [3.05, 3.63) is 29.3 Å². The zero-order valence-corrected chi connectivity index (χ0v) is 8.37. The van der Waals surface area contributed by atoms with E-state index < -0.39 is 0 Å². The third kappa shape index (κ3) is 1.14. The van der Waals surface area contributed by atoms with E-state index in [1.165, 1.54) is 43.5 Å². The fourth-order valence-electron chi connectivity index (χ4n) is 2.86. The fraction of sp³-hybridized carbons (Fsp3) is 0.500. The van der Waals surface area contributed by atoms with Crippen molar-refractivity contribution in [1.82, 2.24) is 4.90 Å². The summed E-state index contributed by atoms with van der Waals surface area (Å²) >= 11 is 0. The molecule has 0 saturated carbocycles. The zero-order chi connectivity index (χ0) is 9.54. The monoisotopic (exact) mass is 188 g/mol. The number of nitrogens with zero attached hydrogens (tertiary/aromatic N) is 1. The van der Waals surface area contributed by atoms with E-state index in [1.807, 2.05) is 6.07 Å². The van der Waals surface area contributed by atoms with Gasteiger partial charge < -0.3 is 5.73 Å². The Hall–Kier alpha value is -1.02. The van der Waals surface area contributed by atoms with Crippen LogP contribution in [0.15, 0.2) is 18.2 Å². The lowest BCUT2D eigenvalue weighted by Gasteiger charge is -2.31. The maximum Gasteiger partial charge on any atom is 0.0352 e. The van der Waals surface area contributed by atoms with E-state index in [1.54, 1.807) is 0 Å². The number of fused-ring (bicyclic) bond motifs is 3. The van der Waals surface area contributed by atoms with Crippen LogP contribution in [0.1, 0.15) is 30.0 Å². The van der Waals surface area contributed by atoms with Crippen LogP contribution in [-0.4, -0.2) is 18.0 Å². The highest BCUT2D eigenvalue weighted by Crippen LogP contribution is 2.38. The van der Waals surface area contributed by atoms with Crippen molar-refractivity contribution in [2.75, 3.05) is 18.8 Å². The van der Waals surface area contributed by atoms with Crippen LogP contribution in [0.5, 0.6) is 0 Å². The quantitative estimate of drug-likeness (QED) is 0.631. The van der Waals surface area contributed by atoms with Crippen LogP contribution in [0.2, 0.25) is 0 Å². The predicted octanol–water partition coefficient (Wildman–Crippen LogP) is 1.96. The van der Waals surface area contributed by atoms with Gasteiger partial charge in [-0.25, -0.2) is 0 Å². The molecule has 2 heterocycles. The largest absolute Gasteiger partial charge is 0.399 e. The number of rotatable bonds is 0. The van der Waals surface area contributed by atoms with Gasteiger partial charge in [0.15, 0.2) is 0 Å². The molecule has 3 rings (SSSR count). The van der Waals surface area contributed by atoms with Gasteiger partial charge in [-0.05, 0) is 49.1 Å². The van der Waals surface area contributed by atoms with Gasteiger partial charge in [0.05, 0.1) is 0 Å². The first kappa shape index (κ1) is 8.30. The lowest BCUT2D eigenvalue weighted by atomic mass is 9.92. The summed E-state index contributed by atoms with van der Waals surface area (Å²) in [7, 11) is 0. The average molecular weight is 188 g/mol.